The van der Waals surface area contributed by atoms with Crippen LogP contribution in [0, 0.1) is 10.1 Å². The first-order valence-electron chi connectivity index (χ1n) is 8.01. The SMILES string of the molecule is O=c1cc(-c2ccccc2)nc(SCc2nc3ccc([N+](=O)[O-])cc3[nH]2)[nH]1. The van der Waals surface area contributed by atoms with Gasteiger partial charge in [-0.1, -0.05) is 42.1 Å². The standard InChI is InChI=1S/C18H13N5O3S/c24-17-9-14(11-4-2-1-3-5-11)21-18(22-17)27-10-16-19-13-7-6-12(23(25)26)8-15(13)20-16/h1-9H,10H2,(H,19,20)(H,21,22,24). The molecule has 0 aliphatic rings. The van der Waals surface area contributed by atoms with Crippen molar-refractivity contribution < 1.29 is 4.92 Å². The Morgan fingerprint density at radius 3 is 2.63 bits per heavy atom. The van der Waals surface area contributed by atoms with E-state index in [1.54, 1.807) is 6.07 Å². The molecule has 4 rings (SSSR count). The molecule has 8 nitrogen and oxygen atoms in total. The van der Waals surface area contributed by atoms with Gasteiger partial charge < -0.3 is 9.97 Å². The summed E-state index contributed by atoms with van der Waals surface area (Å²) < 4.78 is 0. The molecule has 0 aliphatic carbocycles. The van der Waals surface area contributed by atoms with Gasteiger partial charge in [0, 0.05) is 23.8 Å². The number of hydrogen-bond acceptors (Lipinski definition) is 6. The van der Waals surface area contributed by atoms with Crippen molar-refractivity contribution in [2.45, 2.75) is 10.9 Å². The van der Waals surface area contributed by atoms with Crippen LogP contribution in [0.3, 0.4) is 0 Å². The van der Waals surface area contributed by atoms with Crippen LogP contribution in [0.1, 0.15) is 5.82 Å². The highest BCUT2D eigenvalue weighted by molar-refractivity contribution is 7.98. The lowest BCUT2D eigenvalue weighted by molar-refractivity contribution is -0.384. The molecule has 0 bridgehead atoms. The minimum absolute atomic E-state index is 0.00640. The van der Waals surface area contributed by atoms with Gasteiger partial charge in [-0.3, -0.25) is 14.9 Å². The summed E-state index contributed by atoms with van der Waals surface area (Å²) in [6, 6.07) is 15.4. The van der Waals surface area contributed by atoms with Crippen LogP contribution in [0.25, 0.3) is 22.3 Å². The summed E-state index contributed by atoms with van der Waals surface area (Å²) in [4.78, 5) is 37.0. The van der Waals surface area contributed by atoms with Crippen molar-refractivity contribution in [1.82, 2.24) is 19.9 Å². The van der Waals surface area contributed by atoms with Crippen LogP contribution >= 0.6 is 11.8 Å². The zero-order valence-corrected chi connectivity index (χ0v) is 14.7. The lowest BCUT2D eigenvalue weighted by atomic mass is 10.1. The fourth-order valence-corrected chi connectivity index (χ4v) is 3.38. The normalized spacial score (nSPS) is 11.0. The van der Waals surface area contributed by atoms with Gasteiger partial charge in [0.2, 0.25) is 0 Å². The first-order valence-corrected chi connectivity index (χ1v) is 9.00. The molecule has 0 atom stereocenters. The van der Waals surface area contributed by atoms with Gasteiger partial charge in [0.15, 0.2) is 5.16 Å². The van der Waals surface area contributed by atoms with Gasteiger partial charge in [-0.25, -0.2) is 9.97 Å². The number of nitro groups is 1. The molecular formula is C18H13N5O3S. The number of rotatable bonds is 5. The third kappa shape index (κ3) is 3.72. The number of aromatic nitrogens is 4. The second kappa shape index (κ2) is 7.04. The van der Waals surface area contributed by atoms with Crippen molar-refractivity contribution in [3.8, 4) is 11.3 Å². The zero-order valence-electron chi connectivity index (χ0n) is 13.9. The fourth-order valence-electron chi connectivity index (χ4n) is 2.63. The average molecular weight is 379 g/mol. The Bertz CT molecular complexity index is 1190. The maximum atomic E-state index is 11.9. The highest BCUT2D eigenvalue weighted by atomic mass is 32.2. The molecule has 9 heteroatoms. The van der Waals surface area contributed by atoms with Crippen LogP contribution in [0.15, 0.2) is 64.5 Å². The van der Waals surface area contributed by atoms with E-state index < -0.39 is 4.92 Å². The second-order valence-corrected chi connectivity index (χ2v) is 6.70. The first-order chi connectivity index (χ1) is 13.1. The Morgan fingerprint density at radius 2 is 1.85 bits per heavy atom. The number of hydrogen-bond donors (Lipinski definition) is 2. The minimum atomic E-state index is -0.446. The van der Waals surface area contributed by atoms with E-state index in [0.717, 1.165) is 5.56 Å². The molecule has 27 heavy (non-hydrogen) atoms. The molecule has 0 radical (unpaired) electrons. The van der Waals surface area contributed by atoms with Crippen LogP contribution in [-0.4, -0.2) is 24.9 Å². The molecule has 134 valence electrons. The van der Waals surface area contributed by atoms with Gasteiger partial charge in [-0.2, -0.15) is 0 Å². The molecule has 0 saturated heterocycles. The van der Waals surface area contributed by atoms with Crippen LogP contribution < -0.4 is 5.56 Å². The molecule has 4 aromatic rings. The van der Waals surface area contributed by atoms with E-state index in [-0.39, 0.29) is 11.2 Å². The highest BCUT2D eigenvalue weighted by Gasteiger charge is 2.11. The summed E-state index contributed by atoms with van der Waals surface area (Å²) in [6.07, 6.45) is 0. The van der Waals surface area contributed by atoms with Crippen molar-refractivity contribution in [3.05, 3.63) is 80.9 Å². The van der Waals surface area contributed by atoms with Crippen molar-refractivity contribution in [3.63, 3.8) is 0 Å². The van der Waals surface area contributed by atoms with Crippen molar-refractivity contribution in [2.75, 3.05) is 0 Å². The predicted molar refractivity (Wildman–Crippen MR) is 103 cm³/mol. The molecule has 0 fully saturated rings. The average Bonchev–Trinajstić information content (AvgIpc) is 3.09. The Balaban J connectivity index is 1.57. The summed E-state index contributed by atoms with van der Waals surface area (Å²) >= 11 is 1.33. The maximum Gasteiger partial charge on any atom is 0.271 e. The number of non-ortho nitro benzene ring substituents is 1. The van der Waals surface area contributed by atoms with E-state index in [9.17, 15) is 14.9 Å². The fraction of sp³-hybridized carbons (Fsp3) is 0.0556. The monoisotopic (exact) mass is 379 g/mol. The zero-order chi connectivity index (χ0) is 18.8. The van der Waals surface area contributed by atoms with Crippen molar-refractivity contribution in [1.29, 1.82) is 0 Å². The number of nitrogens with one attached hydrogen (secondary N) is 2. The van der Waals surface area contributed by atoms with E-state index in [2.05, 4.69) is 19.9 Å². The Morgan fingerprint density at radius 1 is 1.04 bits per heavy atom. The van der Waals surface area contributed by atoms with Gasteiger partial charge in [0.25, 0.3) is 11.2 Å². The third-order valence-electron chi connectivity index (χ3n) is 3.86. The predicted octanol–water partition coefficient (Wildman–Crippen LogP) is 3.51. The number of nitro benzene ring substituents is 1. The Hall–Kier alpha value is -3.46. The molecule has 0 unspecified atom stereocenters. The maximum absolute atomic E-state index is 11.9. The van der Waals surface area contributed by atoms with E-state index in [4.69, 9.17) is 0 Å². The number of nitrogens with zero attached hydrogens (tertiary/aromatic N) is 3. The molecule has 0 saturated carbocycles. The lowest BCUT2D eigenvalue weighted by Crippen LogP contribution is -2.08. The van der Waals surface area contributed by atoms with E-state index in [0.29, 0.717) is 33.5 Å². The molecule has 2 aromatic heterocycles. The van der Waals surface area contributed by atoms with Crippen LogP contribution in [0.2, 0.25) is 0 Å². The van der Waals surface area contributed by atoms with E-state index in [1.165, 1.54) is 30.0 Å². The molecular weight excluding hydrogens is 366 g/mol. The summed E-state index contributed by atoms with van der Waals surface area (Å²) in [5.41, 5.74) is 2.48. The summed E-state index contributed by atoms with van der Waals surface area (Å²) in [5, 5.41) is 11.3. The van der Waals surface area contributed by atoms with E-state index in [1.807, 2.05) is 30.3 Å². The van der Waals surface area contributed by atoms with Gasteiger partial charge in [0.05, 0.1) is 27.4 Å². The molecule has 2 N–H and O–H groups in total. The summed E-state index contributed by atoms with van der Waals surface area (Å²) in [6.45, 7) is 0. The number of thioether (sulfide) groups is 1. The smallest absolute Gasteiger partial charge is 0.271 e. The van der Waals surface area contributed by atoms with Gasteiger partial charge in [0.1, 0.15) is 5.82 Å². The second-order valence-electron chi connectivity index (χ2n) is 5.73. The molecule has 0 amide bonds. The number of benzene rings is 2. The Labute approximate surface area is 156 Å². The number of H-pyrrole nitrogens is 2. The molecule has 2 aromatic carbocycles. The summed E-state index contributed by atoms with van der Waals surface area (Å²) in [5.74, 6) is 1.08. The van der Waals surface area contributed by atoms with Crippen LogP contribution in [0.5, 0.6) is 0 Å². The number of aromatic amines is 2. The number of fused-ring (bicyclic) bond motifs is 1. The third-order valence-corrected chi connectivity index (χ3v) is 4.74. The Kier molecular flexibility index (Phi) is 4.43. The summed E-state index contributed by atoms with van der Waals surface area (Å²) in [7, 11) is 0. The van der Waals surface area contributed by atoms with Crippen molar-refractivity contribution >= 4 is 28.5 Å². The molecule has 0 aliphatic heterocycles. The number of imidazole rings is 1. The molecule has 2 heterocycles. The van der Waals surface area contributed by atoms with Gasteiger partial charge >= 0.3 is 0 Å². The highest BCUT2D eigenvalue weighted by Crippen LogP contribution is 2.23. The largest absolute Gasteiger partial charge is 0.341 e. The molecule has 0 spiro atoms. The van der Waals surface area contributed by atoms with Gasteiger partial charge in [-0.05, 0) is 6.07 Å². The van der Waals surface area contributed by atoms with Crippen LogP contribution in [-0.2, 0) is 5.75 Å². The topological polar surface area (TPSA) is 118 Å². The van der Waals surface area contributed by atoms with Crippen molar-refractivity contribution in [2.24, 2.45) is 0 Å². The lowest BCUT2D eigenvalue weighted by Gasteiger charge is -2.03. The van der Waals surface area contributed by atoms with Gasteiger partial charge in [-0.15, -0.1) is 0 Å². The minimum Gasteiger partial charge on any atom is -0.341 e. The van der Waals surface area contributed by atoms with E-state index >= 15 is 0 Å². The quantitative estimate of drug-likeness (QED) is 0.237. The van der Waals surface area contributed by atoms with Crippen LogP contribution in [0.4, 0.5) is 5.69 Å². The first kappa shape index (κ1) is 17.0.